The summed E-state index contributed by atoms with van der Waals surface area (Å²) in [5.41, 5.74) is 5.69. The molecule has 210 valence electrons. The molecule has 0 heterocycles. The van der Waals surface area contributed by atoms with E-state index in [1.807, 2.05) is 24.3 Å². The van der Waals surface area contributed by atoms with Gasteiger partial charge in [-0.25, -0.2) is 14.4 Å². The molecule has 4 rings (SSSR count). The molecule has 9 nitrogen and oxygen atoms in total. The SMILES string of the molecule is CC(C)(C)OC(=O)NCCOc1ccc(CC(NC(=O)OCc2cccc3c2Cc2ccccc2-3)C(=O)O)cc1. The molecule has 9 heteroatoms. The molecule has 1 atom stereocenters. The van der Waals surface area contributed by atoms with Crippen molar-refractivity contribution < 1.29 is 33.7 Å². The molecule has 3 N–H and O–H groups in total. The summed E-state index contributed by atoms with van der Waals surface area (Å²) in [5.74, 6) is -0.604. The van der Waals surface area contributed by atoms with E-state index in [1.54, 1.807) is 45.0 Å². The molecule has 3 aromatic carbocycles. The topological polar surface area (TPSA) is 123 Å². The predicted molar refractivity (Wildman–Crippen MR) is 149 cm³/mol. The first-order chi connectivity index (χ1) is 19.1. The van der Waals surface area contributed by atoms with Crippen LogP contribution in [0.25, 0.3) is 11.1 Å². The molecule has 1 unspecified atom stereocenters. The Labute approximate surface area is 233 Å². The highest BCUT2D eigenvalue weighted by atomic mass is 16.6. The van der Waals surface area contributed by atoms with Gasteiger partial charge in [-0.05, 0) is 72.7 Å². The van der Waals surface area contributed by atoms with Crippen LogP contribution in [0.1, 0.15) is 43.0 Å². The fourth-order valence-electron chi connectivity index (χ4n) is 4.48. The quantitative estimate of drug-likeness (QED) is 0.237. The third kappa shape index (κ3) is 7.75. The number of hydrogen-bond donors (Lipinski definition) is 3. The van der Waals surface area contributed by atoms with Gasteiger partial charge in [-0.15, -0.1) is 0 Å². The third-order valence-corrected chi connectivity index (χ3v) is 6.30. The number of nitrogens with one attached hydrogen (secondary N) is 2. The summed E-state index contributed by atoms with van der Waals surface area (Å²) < 4.78 is 16.2. The summed E-state index contributed by atoms with van der Waals surface area (Å²) >= 11 is 0. The molecule has 0 bridgehead atoms. The maximum Gasteiger partial charge on any atom is 0.408 e. The normalized spacial score (nSPS) is 12.5. The Morgan fingerprint density at radius 2 is 1.65 bits per heavy atom. The Hall–Kier alpha value is -4.53. The van der Waals surface area contributed by atoms with Gasteiger partial charge in [-0.1, -0.05) is 54.6 Å². The molecule has 0 spiro atoms. The Balaban J connectivity index is 1.24. The predicted octanol–water partition coefficient (Wildman–Crippen LogP) is 5.08. The number of carbonyl (C=O) groups excluding carboxylic acids is 2. The lowest BCUT2D eigenvalue weighted by molar-refractivity contribution is -0.139. The fraction of sp³-hybridized carbons (Fsp3) is 0.323. The smallest absolute Gasteiger partial charge is 0.408 e. The molecule has 0 aliphatic heterocycles. The first-order valence-electron chi connectivity index (χ1n) is 13.1. The van der Waals surface area contributed by atoms with Gasteiger partial charge in [0.2, 0.25) is 0 Å². The van der Waals surface area contributed by atoms with Crippen LogP contribution in [0.15, 0.2) is 66.7 Å². The summed E-state index contributed by atoms with van der Waals surface area (Å²) in [4.78, 5) is 36.0. The van der Waals surface area contributed by atoms with Crippen molar-refractivity contribution in [1.29, 1.82) is 0 Å². The highest BCUT2D eigenvalue weighted by Gasteiger charge is 2.23. The first-order valence-corrected chi connectivity index (χ1v) is 13.1. The Bertz CT molecular complexity index is 1360. The maximum absolute atomic E-state index is 12.5. The number of hydrogen-bond acceptors (Lipinski definition) is 6. The van der Waals surface area contributed by atoms with Crippen molar-refractivity contribution in [3.63, 3.8) is 0 Å². The summed E-state index contributed by atoms with van der Waals surface area (Å²) in [6.07, 6.45) is -0.473. The molecule has 0 saturated carbocycles. The van der Waals surface area contributed by atoms with Crippen LogP contribution in [0.3, 0.4) is 0 Å². The van der Waals surface area contributed by atoms with E-state index in [0.29, 0.717) is 11.3 Å². The van der Waals surface area contributed by atoms with Crippen molar-refractivity contribution in [1.82, 2.24) is 10.6 Å². The molecular weight excluding hydrogens is 512 g/mol. The van der Waals surface area contributed by atoms with Gasteiger partial charge in [0.1, 0.15) is 30.6 Å². The highest BCUT2D eigenvalue weighted by molar-refractivity contribution is 5.80. The zero-order valence-electron chi connectivity index (χ0n) is 22.9. The number of benzene rings is 3. The second-order valence-corrected chi connectivity index (χ2v) is 10.5. The number of fused-ring (bicyclic) bond motifs is 3. The van der Waals surface area contributed by atoms with Crippen molar-refractivity contribution >= 4 is 18.2 Å². The van der Waals surface area contributed by atoms with E-state index < -0.39 is 29.8 Å². The van der Waals surface area contributed by atoms with Gasteiger partial charge in [0.25, 0.3) is 0 Å². The van der Waals surface area contributed by atoms with Gasteiger partial charge < -0.3 is 30.0 Å². The van der Waals surface area contributed by atoms with Crippen LogP contribution in [0.5, 0.6) is 5.75 Å². The van der Waals surface area contributed by atoms with Crippen molar-refractivity contribution in [2.24, 2.45) is 0 Å². The maximum atomic E-state index is 12.5. The minimum atomic E-state index is -1.17. The van der Waals surface area contributed by atoms with Gasteiger partial charge in [-0.3, -0.25) is 0 Å². The number of carboxylic acids is 1. The standard InChI is InChI=1S/C31H34N2O7/c1-31(2,3)40-29(36)32-15-16-38-23-13-11-20(12-14-23)17-27(28(34)35)33-30(37)39-19-22-8-6-10-25-24-9-5-4-7-21(24)18-26(22)25/h4-14,27H,15-19H2,1-3H3,(H,32,36)(H,33,37)(H,34,35). The minimum absolute atomic E-state index is 0.0458. The molecule has 0 aromatic heterocycles. The van der Waals surface area contributed by atoms with E-state index in [-0.39, 0.29) is 26.2 Å². The van der Waals surface area contributed by atoms with E-state index in [9.17, 15) is 19.5 Å². The average molecular weight is 547 g/mol. The van der Waals surface area contributed by atoms with Crippen LogP contribution in [-0.2, 0) is 33.7 Å². The summed E-state index contributed by atoms with van der Waals surface area (Å²) in [7, 11) is 0. The van der Waals surface area contributed by atoms with E-state index >= 15 is 0 Å². The minimum Gasteiger partial charge on any atom is -0.492 e. The molecule has 1 aliphatic carbocycles. The summed E-state index contributed by atoms with van der Waals surface area (Å²) in [6, 6.07) is 19.8. The first kappa shape index (κ1) is 28.5. The number of amides is 2. The van der Waals surface area contributed by atoms with Gasteiger partial charge in [0.15, 0.2) is 0 Å². The number of rotatable bonds is 10. The van der Waals surface area contributed by atoms with Crippen molar-refractivity contribution in [2.75, 3.05) is 13.2 Å². The van der Waals surface area contributed by atoms with Crippen LogP contribution in [0, 0.1) is 0 Å². The molecule has 0 radical (unpaired) electrons. The zero-order chi connectivity index (χ0) is 28.7. The Morgan fingerprint density at radius 1 is 0.925 bits per heavy atom. The number of aliphatic carboxylic acids is 1. The monoisotopic (exact) mass is 546 g/mol. The van der Waals surface area contributed by atoms with Crippen LogP contribution < -0.4 is 15.4 Å². The second-order valence-electron chi connectivity index (χ2n) is 10.5. The van der Waals surface area contributed by atoms with Crippen LogP contribution >= 0.6 is 0 Å². The van der Waals surface area contributed by atoms with Gasteiger partial charge >= 0.3 is 18.2 Å². The third-order valence-electron chi connectivity index (χ3n) is 6.30. The summed E-state index contributed by atoms with van der Waals surface area (Å²) in [6.45, 7) is 5.90. The zero-order valence-corrected chi connectivity index (χ0v) is 22.9. The fourth-order valence-corrected chi connectivity index (χ4v) is 4.48. The molecule has 2 amide bonds. The Kier molecular flexibility index (Phi) is 8.93. The van der Waals surface area contributed by atoms with Crippen molar-refractivity contribution in [3.8, 4) is 16.9 Å². The van der Waals surface area contributed by atoms with E-state index in [1.165, 1.54) is 11.1 Å². The molecule has 0 saturated heterocycles. The lowest BCUT2D eigenvalue weighted by Crippen LogP contribution is -2.42. The van der Waals surface area contributed by atoms with Crippen LogP contribution in [-0.4, -0.2) is 48.1 Å². The van der Waals surface area contributed by atoms with Crippen LogP contribution in [0.4, 0.5) is 9.59 Å². The van der Waals surface area contributed by atoms with Gasteiger partial charge in [0.05, 0.1) is 6.54 Å². The number of carboxylic acid groups (broad SMARTS) is 1. The Morgan fingerprint density at radius 3 is 2.38 bits per heavy atom. The van der Waals surface area contributed by atoms with Crippen LogP contribution in [0.2, 0.25) is 0 Å². The molecule has 40 heavy (non-hydrogen) atoms. The van der Waals surface area contributed by atoms with E-state index in [2.05, 4.69) is 28.8 Å². The van der Waals surface area contributed by atoms with E-state index in [0.717, 1.165) is 23.1 Å². The largest absolute Gasteiger partial charge is 0.492 e. The van der Waals surface area contributed by atoms with Crippen molar-refractivity contribution in [3.05, 3.63) is 89.0 Å². The van der Waals surface area contributed by atoms with Gasteiger partial charge in [0, 0.05) is 6.42 Å². The summed E-state index contributed by atoms with van der Waals surface area (Å²) in [5, 5.41) is 14.7. The van der Waals surface area contributed by atoms with E-state index in [4.69, 9.17) is 14.2 Å². The number of alkyl carbamates (subject to hydrolysis) is 2. The lowest BCUT2D eigenvalue weighted by atomic mass is 10.0. The average Bonchev–Trinajstić information content (AvgIpc) is 3.29. The molecule has 0 fully saturated rings. The lowest BCUT2D eigenvalue weighted by Gasteiger charge is -2.19. The molecular formula is C31H34N2O7. The van der Waals surface area contributed by atoms with Gasteiger partial charge in [-0.2, -0.15) is 0 Å². The molecule has 3 aromatic rings. The molecule has 1 aliphatic rings. The number of carbonyl (C=O) groups is 3. The van der Waals surface area contributed by atoms with Crippen molar-refractivity contribution in [2.45, 2.75) is 51.9 Å². The second kappa shape index (κ2) is 12.5. The highest BCUT2D eigenvalue weighted by Crippen LogP contribution is 2.38. The number of ether oxygens (including phenoxy) is 3.